The molecule has 1 rings (SSSR count). The van der Waals surface area contributed by atoms with E-state index in [4.69, 9.17) is 5.73 Å². The van der Waals surface area contributed by atoms with Gasteiger partial charge in [0, 0.05) is 6.92 Å². The molecule has 0 aliphatic carbocycles. The molecule has 0 saturated carbocycles. The second kappa shape index (κ2) is 5.16. The van der Waals surface area contributed by atoms with Crippen molar-refractivity contribution in [1.29, 1.82) is 0 Å². The maximum absolute atomic E-state index is 11.0. The standard InChI is InChI=1S/C13H16N2O/c1-4-5-9(2)11-6-7-12(14)13(8-11)15-10(3)16/h4-8H,1,14H2,2-3H3,(H,15,16)/b9-5+. The minimum Gasteiger partial charge on any atom is -0.397 e. The number of rotatable bonds is 3. The third kappa shape index (κ3) is 2.98. The molecule has 16 heavy (non-hydrogen) atoms. The zero-order valence-electron chi connectivity index (χ0n) is 9.58. The largest absolute Gasteiger partial charge is 0.397 e. The van der Waals surface area contributed by atoms with E-state index >= 15 is 0 Å². The SMILES string of the molecule is C=C/C=C(\C)c1ccc(N)c(NC(C)=O)c1. The van der Waals surface area contributed by atoms with Crippen LogP contribution in [0.1, 0.15) is 19.4 Å². The Labute approximate surface area is 95.7 Å². The van der Waals surface area contributed by atoms with Gasteiger partial charge < -0.3 is 11.1 Å². The molecule has 0 unspecified atom stereocenters. The Kier molecular flexibility index (Phi) is 3.89. The van der Waals surface area contributed by atoms with Gasteiger partial charge in [-0.2, -0.15) is 0 Å². The van der Waals surface area contributed by atoms with Crippen molar-refractivity contribution in [3.8, 4) is 0 Å². The summed E-state index contributed by atoms with van der Waals surface area (Å²) in [6.45, 7) is 7.08. The first-order chi connectivity index (χ1) is 7.54. The second-order valence-electron chi connectivity index (χ2n) is 3.57. The summed E-state index contributed by atoms with van der Waals surface area (Å²) in [5.74, 6) is -0.130. The number of carbonyl (C=O) groups excluding carboxylic acids is 1. The highest BCUT2D eigenvalue weighted by atomic mass is 16.1. The lowest BCUT2D eigenvalue weighted by Crippen LogP contribution is -2.08. The smallest absolute Gasteiger partial charge is 0.221 e. The molecule has 0 saturated heterocycles. The van der Waals surface area contributed by atoms with Gasteiger partial charge in [0.15, 0.2) is 0 Å². The Balaban J connectivity index is 3.11. The fraction of sp³-hybridized carbons (Fsp3) is 0.154. The van der Waals surface area contributed by atoms with Gasteiger partial charge in [-0.25, -0.2) is 0 Å². The van der Waals surface area contributed by atoms with Gasteiger partial charge in [0.2, 0.25) is 5.91 Å². The van der Waals surface area contributed by atoms with Crippen LogP contribution in [0.15, 0.2) is 36.9 Å². The molecule has 0 aliphatic heterocycles. The van der Waals surface area contributed by atoms with Gasteiger partial charge in [0.05, 0.1) is 11.4 Å². The molecular formula is C13H16N2O. The average molecular weight is 216 g/mol. The first-order valence-electron chi connectivity index (χ1n) is 5.01. The molecule has 0 aromatic heterocycles. The topological polar surface area (TPSA) is 55.1 Å². The lowest BCUT2D eigenvalue weighted by molar-refractivity contribution is -0.114. The van der Waals surface area contributed by atoms with Crippen LogP contribution in [0.3, 0.4) is 0 Å². The highest BCUT2D eigenvalue weighted by molar-refractivity contribution is 5.93. The highest BCUT2D eigenvalue weighted by Gasteiger charge is 2.03. The van der Waals surface area contributed by atoms with Crippen LogP contribution in [0.25, 0.3) is 5.57 Å². The molecule has 3 nitrogen and oxygen atoms in total. The summed E-state index contributed by atoms with van der Waals surface area (Å²) >= 11 is 0. The maximum atomic E-state index is 11.0. The maximum Gasteiger partial charge on any atom is 0.221 e. The van der Waals surface area contributed by atoms with Crippen LogP contribution in [-0.4, -0.2) is 5.91 Å². The van der Waals surface area contributed by atoms with Gasteiger partial charge >= 0.3 is 0 Å². The average Bonchev–Trinajstić information content (AvgIpc) is 2.21. The molecule has 0 atom stereocenters. The molecule has 0 fully saturated rings. The predicted molar refractivity (Wildman–Crippen MR) is 69.0 cm³/mol. The van der Waals surface area contributed by atoms with E-state index in [1.54, 1.807) is 12.1 Å². The molecule has 84 valence electrons. The molecule has 3 heteroatoms. The minimum absolute atomic E-state index is 0.130. The Morgan fingerprint density at radius 2 is 2.12 bits per heavy atom. The summed E-state index contributed by atoms with van der Waals surface area (Å²) in [5, 5.41) is 2.69. The number of hydrogen-bond donors (Lipinski definition) is 2. The number of nitrogen functional groups attached to an aromatic ring is 1. The number of nitrogens with one attached hydrogen (secondary N) is 1. The molecule has 0 aliphatic rings. The third-order valence-electron chi connectivity index (χ3n) is 2.19. The van der Waals surface area contributed by atoms with Crippen molar-refractivity contribution in [1.82, 2.24) is 0 Å². The van der Waals surface area contributed by atoms with E-state index < -0.39 is 0 Å². The van der Waals surface area contributed by atoms with Crippen molar-refractivity contribution in [2.45, 2.75) is 13.8 Å². The number of amides is 1. The molecule has 3 N–H and O–H groups in total. The van der Waals surface area contributed by atoms with Crippen molar-refractivity contribution in [2.75, 3.05) is 11.1 Å². The van der Waals surface area contributed by atoms with Crippen molar-refractivity contribution in [2.24, 2.45) is 0 Å². The zero-order chi connectivity index (χ0) is 12.1. The zero-order valence-corrected chi connectivity index (χ0v) is 9.58. The van der Waals surface area contributed by atoms with Crippen molar-refractivity contribution >= 4 is 22.9 Å². The van der Waals surface area contributed by atoms with Gasteiger partial charge in [0.25, 0.3) is 0 Å². The number of benzene rings is 1. The fourth-order valence-electron chi connectivity index (χ4n) is 1.37. The quantitative estimate of drug-likeness (QED) is 0.603. The first-order valence-corrected chi connectivity index (χ1v) is 5.01. The minimum atomic E-state index is -0.130. The molecule has 1 aromatic rings. The van der Waals surface area contributed by atoms with Gasteiger partial charge in [0.1, 0.15) is 0 Å². The second-order valence-corrected chi connectivity index (χ2v) is 3.57. The Morgan fingerprint density at radius 1 is 1.44 bits per heavy atom. The van der Waals surface area contributed by atoms with Crippen LogP contribution in [-0.2, 0) is 4.79 Å². The van der Waals surface area contributed by atoms with Gasteiger partial charge in [-0.15, -0.1) is 0 Å². The number of nitrogens with two attached hydrogens (primary N) is 1. The molecule has 0 spiro atoms. The normalized spacial score (nSPS) is 11.0. The summed E-state index contributed by atoms with van der Waals surface area (Å²) in [4.78, 5) is 11.0. The monoisotopic (exact) mass is 216 g/mol. The predicted octanol–water partition coefficient (Wildman–Crippen LogP) is 2.82. The fourth-order valence-corrected chi connectivity index (χ4v) is 1.37. The molecule has 0 heterocycles. The van der Waals surface area contributed by atoms with Gasteiger partial charge in [-0.05, 0) is 30.2 Å². The summed E-state index contributed by atoms with van der Waals surface area (Å²) in [7, 11) is 0. The molecule has 0 radical (unpaired) electrons. The number of allylic oxidation sites excluding steroid dienone is 3. The third-order valence-corrected chi connectivity index (χ3v) is 2.19. The molecule has 1 amide bonds. The Morgan fingerprint density at radius 3 is 2.69 bits per heavy atom. The van der Waals surface area contributed by atoms with Gasteiger partial charge in [-0.1, -0.05) is 24.8 Å². The lowest BCUT2D eigenvalue weighted by Gasteiger charge is -2.09. The summed E-state index contributed by atoms with van der Waals surface area (Å²) in [6, 6.07) is 5.54. The van der Waals surface area contributed by atoms with Crippen LogP contribution < -0.4 is 11.1 Å². The van der Waals surface area contributed by atoms with Crippen LogP contribution in [0, 0.1) is 0 Å². The van der Waals surface area contributed by atoms with E-state index in [0.717, 1.165) is 11.1 Å². The molecule has 0 bridgehead atoms. The molecular weight excluding hydrogens is 200 g/mol. The summed E-state index contributed by atoms with van der Waals surface area (Å²) in [5.41, 5.74) is 9.04. The van der Waals surface area contributed by atoms with Crippen LogP contribution >= 0.6 is 0 Å². The van der Waals surface area contributed by atoms with E-state index in [-0.39, 0.29) is 5.91 Å². The lowest BCUT2D eigenvalue weighted by atomic mass is 10.1. The summed E-state index contributed by atoms with van der Waals surface area (Å²) in [6.07, 6.45) is 3.63. The first kappa shape index (κ1) is 12.0. The Hall–Kier alpha value is -2.03. The molecule has 1 aromatic carbocycles. The summed E-state index contributed by atoms with van der Waals surface area (Å²) < 4.78 is 0. The van der Waals surface area contributed by atoms with Crippen molar-refractivity contribution < 1.29 is 4.79 Å². The number of hydrogen-bond acceptors (Lipinski definition) is 2. The highest BCUT2D eigenvalue weighted by Crippen LogP contribution is 2.24. The van der Waals surface area contributed by atoms with E-state index in [9.17, 15) is 4.79 Å². The number of anilines is 2. The van der Waals surface area contributed by atoms with Crippen LogP contribution in [0.5, 0.6) is 0 Å². The van der Waals surface area contributed by atoms with E-state index in [0.29, 0.717) is 11.4 Å². The van der Waals surface area contributed by atoms with Gasteiger partial charge in [-0.3, -0.25) is 4.79 Å². The van der Waals surface area contributed by atoms with E-state index in [2.05, 4.69) is 11.9 Å². The van der Waals surface area contributed by atoms with E-state index in [1.807, 2.05) is 25.1 Å². The Bertz CT molecular complexity index is 447. The van der Waals surface area contributed by atoms with Crippen molar-refractivity contribution in [3.63, 3.8) is 0 Å². The van der Waals surface area contributed by atoms with Crippen molar-refractivity contribution in [3.05, 3.63) is 42.5 Å². The van der Waals surface area contributed by atoms with Crippen LogP contribution in [0.4, 0.5) is 11.4 Å². The van der Waals surface area contributed by atoms with E-state index in [1.165, 1.54) is 6.92 Å². The van der Waals surface area contributed by atoms with Crippen LogP contribution in [0.2, 0.25) is 0 Å². The number of carbonyl (C=O) groups is 1.